The Morgan fingerprint density at radius 2 is 2.21 bits per heavy atom. The van der Waals surface area contributed by atoms with Crippen molar-refractivity contribution < 1.29 is 4.79 Å². The number of amides is 1. The molecule has 1 heterocycles. The average Bonchev–Trinajstić information content (AvgIpc) is 2.31. The van der Waals surface area contributed by atoms with Gasteiger partial charge in [-0.3, -0.25) is 19.7 Å². The van der Waals surface area contributed by atoms with E-state index in [0.29, 0.717) is 11.3 Å². The molecule has 2 rings (SSSR count). The normalized spacial score (nSPS) is 10.2. The van der Waals surface area contributed by atoms with Crippen LogP contribution in [-0.2, 0) is 4.79 Å². The molecule has 0 aliphatic rings. The summed E-state index contributed by atoms with van der Waals surface area (Å²) in [6.45, 7) is 1.39. The lowest BCUT2D eigenvalue weighted by molar-refractivity contribution is -0.114. The van der Waals surface area contributed by atoms with E-state index >= 15 is 0 Å². The fourth-order valence-corrected chi connectivity index (χ4v) is 2.04. The van der Waals surface area contributed by atoms with E-state index in [2.05, 4.69) is 36.4 Å². The van der Waals surface area contributed by atoms with E-state index in [1.165, 1.54) is 6.92 Å². The predicted octanol–water partition coefficient (Wildman–Crippen LogP) is 2.22. The molecule has 0 unspecified atom stereocenters. The first-order valence-corrected chi connectivity index (χ1v) is 6.44. The van der Waals surface area contributed by atoms with E-state index in [1.807, 2.05) is 0 Å². The molecule has 3 N–H and O–H groups in total. The van der Waals surface area contributed by atoms with Gasteiger partial charge < -0.3 is 5.32 Å². The number of nitrogens with one attached hydrogen (secondary N) is 3. The minimum atomic E-state index is -0.423. The van der Waals surface area contributed by atoms with Gasteiger partial charge in [-0.05, 0) is 30.4 Å². The van der Waals surface area contributed by atoms with Crippen LogP contribution in [0.15, 0.2) is 27.5 Å². The summed E-state index contributed by atoms with van der Waals surface area (Å²) in [5, 5.41) is 9.08. The van der Waals surface area contributed by atoms with Crippen LogP contribution in [0.1, 0.15) is 6.92 Å². The molecule has 0 saturated carbocycles. The zero-order valence-electron chi connectivity index (χ0n) is 9.78. The summed E-state index contributed by atoms with van der Waals surface area (Å²) in [5.74, 6) is -0.233. The quantitative estimate of drug-likeness (QED) is 0.731. The Hall–Kier alpha value is -1.80. The third-order valence-electron chi connectivity index (χ3n) is 2.26. The van der Waals surface area contributed by atoms with E-state index in [0.717, 1.165) is 4.47 Å². The summed E-state index contributed by atoms with van der Waals surface area (Å²) in [6, 6.07) is 5.14. The number of benzene rings is 1. The highest BCUT2D eigenvalue weighted by Gasteiger charge is 2.12. The highest BCUT2D eigenvalue weighted by Crippen LogP contribution is 2.27. The number of hydrogen-bond donors (Lipinski definition) is 3. The third kappa shape index (κ3) is 3.15. The summed E-state index contributed by atoms with van der Waals surface area (Å²) in [7, 11) is 0. The number of H-pyrrole nitrogens is 2. The zero-order chi connectivity index (χ0) is 14.0. The smallest absolute Gasteiger partial charge is 0.278 e. The Morgan fingerprint density at radius 1 is 1.47 bits per heavy atom. The maximum atomic E-state index is 11.9. The van der Waals surface area contributed by atoms with E-state index < -0.39 is 5.56 Å². The van der Waals surface area contributed by atoms with Crippen LogP contribution >= 0.6 is 28.1 Å². The third-order valence-corrected chi connectivity index (χ3v) is 2.95. The topological polar surface area (TPSA) is 90.6 Å². The van der Waals surface area contributed by atoms with Crippen molar-refractivity contribution in [1.29, 1.82) is 0 Å². The monoisotopic (exact) mass is 340 g/mol. The van der Waals surface area contributed by atoms with Crippen LogP contribution < -0.4 is 10.9 Å². The molecule has 0 fully saturated rings. The minimum Gasteiger partial charge on any atom is -0.326 e. The predicted molar refractivity (Wildman–Crippen MR) is 77.5 cm³/mol. The number of anilines is 1. The number of carbonyl (C=O) groups is 1. The molecule has 0 bridgehead atoms. The van der Waals surface area contributed by atoms with Crippen molar-refractivity contribution in [3.05, 3.63) is 37.8 Å². The summed E-state index contributed by atoms with van der Waals surface area (Å²) in [5.41, 5.74) is 0.725. The number of aromatic amines is 2. The number of halogens is 1. The standard InChI is InChI=1S/C11H9BrN4O2S/c1-5(17)13-8-3-2-6(12)4-7(8)9-10(18)14-11(19)16-15-9/h2-4H,1H3,(H,13,17)(H2,14,16,18,19). The maximum Gasteiger partial charge on any atom is 0.278 e. The Balaban J connectivity index is 2.66. The summed E-state index contributed by atoms with van der Waals surface area (Å²) in [6.07, 6.45) is 0. The van der Waals surface area contributed by atoms with Gasteiger partial charge in [0.1, 0.15) is 0 Å². The molecule has 6 nitrogen and oxygen atoms in total. The molecule has 0 spiro atoms. The fraction of sp³-hybridized carbons (Fsp3) is 0.0909. The first kappa shape index (κ1) is 13.6. The molecular weight excluding hydrogens is 332 g/mol. The second-order valence-corrected chi connectivity index (χ2v) is 5.05. The van der Waals surface area contributed by atoms with Gasteiger partial charge in [0.05, 0.1) is 5.69 Å². The lowest BCUT2D eigenvalue weighted by atomic mass is 10.1. The van der Waals surface area contributed by atoms with Crippen LogP contribution in [0.2, 0.25) is 0 Å². The molecule has 8 heteroatoms. The van der Waals surface area contributed by atoms with Crippen molar-refractivity contribution in [2.24, 2.45) is 0 Å². The second-order valence-electron chi connectivity index (χ2n) is 3.73. The van der Waals surface area contributed by atoms with Crippen molar-refractivity contribution in [3.63, 3.8) is 0 Å². The fourth-order valence-electron chi connectivity index (χ4n) is 1.54. The van der Waals surface area contributed by atoms with Crippen LogP contribution in [-0.4, -0.2) is 21.1 Å². The van der Waals surface area contributed by atoms with Gasteiger partial charge in [0.2, 0.25) is 5.91 Å². The minimum absolute atomic E-state index is 0.143. The molecule has 1 aromatic carbocycles. The van der Waals surface area contributed by atoms with Crippen molar-refractivity contribution >= 4 is 39.7 Å². The van der Waals surface area contributed by atoms with Crippen molar-refractivity contribution in [3.8, 4) is 11.3 Å². The molecule has 0 saturated heterocycles. The Bertz CT molecular complexity index is 753. The van der Waals surface area contributed by atoms with Gasteiger partial charge in [-0.15, -0.1) is 0 Å². The SMILES string of the molecule is CC(=O)Nc1ccc(Br)cc1-c1n[nH]c(=S)[nH]c1=O. The number of nitrogens with zero attached hydrogens (tertiary/aromatic N) is 1. The summed E-state index contributed by atoms with van der Waals surface area (Å²) in [4.78, 5) is 25.5. The average molecular weight is 341 g/mol. The van der Waals surface area contributed by atoms with Crippen molar-refractivity contribution in [2.45, 2.75) is 6.92 Å². The van der Waals surface area contributed by atoms with E-state index in [4.69, 9.17) is 12.2 Å². The van der Waals surface area contributed by atoms with Crippen LogP contribution in [0.4, 0.5) is 5.69 Å². The molecular formula is C11H9BrN4O2S. The van der Waals surface area contributed by atoms with Gasteiger partial charge >= 0.3 is 0 Å². The first-order chi connectivity index (χ1) is 8.97. The van der Waals surface area contributed by atoms with Crippen molar-refractivity contribution in [2.75, 3.05) is 5.32 Å². The number of aromatic nitrogens is 3. The Morgan fingerprint density at radius 3 is 2.84 bits per heavy atom. The van der Waals surface area contributed by atoms with E-state index in [-0.39, 0.29) is 16.4 Å². The van der Waals surface area contributed by atoms with Gasteiger partial charge in [-0.25, -0.2) is 0 Å². The number of hydrogen-bond acceptors (Lipinski definition) is 4. The molecule has 19 heavy (non-hydrogen) atoms. The molecule has 1 aromatic heterocycles. The molecule has 2 aromatic rings. The highest BCUT2D eigenvalue weighted by atomic mass is 79.9. The lowest BCUT2D eigenvalue weighted by Gasteiger charge is -2.09. The molecule has 0 radical (unpaired) electrons. The Labute approximate surface area is 121 Å². The van der Waals surface area contributed by atoms with E-state index in [1.54, 1.807) is 18.2 Å². The van der Waals surface area contributed by atoms with Gasteiger partial charge in [0.15, 0.2) is 10.5 Å². The largest absolute Gasteiger partial charge is 0.326 e. The molecule has 0 aliphatic carbocycles. The molecule has 0 aliphatic heterocycles. The molecule has 0 atom stereocenters. The van der Waals surface area contributed by atoms with E-state index in [9.17, 15) is 9.59 Å². The molecule has 98 valence electrons. The van der Waals surface area contributed by atoms with Crippen LogP contribution in [0.25, 0.3) is 11.3 Å². The highest BCUT2D eigenvalue weighted by molar-refractivity contribution is 9.10. The van der Waals surface area contributed by atoms with Crippen LogP contribution in [0, 0.1) is 4.77 Å². The summed E-state index contributed by atoms with van der Waals surface area (Å²) >= 11 is 8.10. The number of rotatable bonds is 2. The zero-order valence-corrected chi connectivity index (χ0v) is 12.2. The van der Waals surface area contributed by atoms with Gasteiger partial charge in [0.25, 0.3) is 5.56 Å². The van der Waals surface area contributed by atoms with Gasteiger partial charge in [-0.2, -0.15) is 5.10 Å². The number of carbonyl (C=O) groups excluding carboxylic acids is 1. The van der Waals surface area contributed by atoms with Gasteiger partial charge in [-0.1, -0.05) is 15.9 Å². The first-order valence-electron chi connectivity index (χ1n) is 5.24. The second kappa shape index (κ2) is 5.45. The van der Waals surface area contributed by atoms with Crippen molar-refractivity contribution in [1.82, 2.24) is 15.2 Å². The van der Waals surface area contributed by atoms with Crippen LogP contribution in [0.3, 0.4) is 0 Å². The molecule has 1 amide bonds. The summed E-state index contributed by atoms with van der Waals surface area (Å²) < 4.78 is 0.907. The van der Waals surface area contributed by atoms with Crippen LogP contribution in [0.5, 0.6) is 0 Å². The van der Waals surface area contributed by atoms with Gasteiger partial charge in [0, 0.05) is 17.0 Å². The Kier molecular flexibility index (Phi) is 3.91. The maximum absolute atomic E-state index is 11.9. The lowest BCUT2D eigenvalue weighted by Crippen LogP contribution is -2.15.